The molecule has 158 valence electrons. The van der Waals surface area contributed by atoms with Crippen molar-refractivity contribution in [2.75, 3.05) is 7.11 Å². The third-order valence-corrected chi connectivity index (χ3v) is 9.12. The van der Waals surface area contributed by atoms with Crippen LogP contribution in [0.15, 0.2) is 0 Å². The molecule has 10 atom stereocenters. The van der Waals surface area contributed by atoms with Gasteiger partial charge >= 0.3 is 5.97 Å². The standard InChI is InChI=1S/C21H32O7/c1-11-10-12-13-18(2,16(24)26-12)6-5-7-19(13,3)21(11)9-8-20(28-21)14(22)15(23)27-17(20)25-4/h11-15,17,22-23H,5-10H2,1-4H3/t11-,12-,13?,14?,15?,17?,18+,19-,20?,21-/m1/s1. The van der Waals surface area contributed by atoms with Crippen LogP contribution >= 0.6 is 0 Å². The zero-order chi connectivity index (χ0) is 20.1. The van der Waals surface area contributed by atoms with Crippen LogP contribution in [0.5, 0.6) is 0 Å². The van der Waals surface area contributed by atoms with E-state index in [0.29, 0.717) is 6.42 Å². The fourth-order valence-electron chi connectivity index (χ4n) is 7.89. The highest BCUT2D eigenvalue weighted by atomic mass is 16.8. The van der Waals surface area contributed by atoms with Gasteiger partial charge in [-0.3, -0.25) is 4.79 Å². The second kappa shape index (κ2) is 5.70. The average Bonchev–Trinajstić information content (AvgIpc) is 3.24. The first-order valence-electron chi connectivity index (χ1n) is 10.6. The molecule has 5 rings (SSSR count). The van der Waals surface area contributed by atoms with Crippen molar-refractivity contribution in [2.45, 2.75) is 95.3 Å². The van der Waals surface area contributed by atoms with Gasteiger partial charge in [0, 0.05) is 18.4 Å². The lowest BCUT2D eigenvalue weighted by molar-refractivity contribution is -0.290. The summed E-state index contributed by atoms with van der Waals surface area (Å²) in [6.45, 7) is 6.47. The lowest BCUT2D eigenvalue weighted by atomic mass is 9.44. The van der Waals surface area contributed by atoms with Crippen LogP contribution in [0.2, 0.25) is 0 Å². The largest absolute Gasteiger partial charge is 0.462 e. The maximum Gasteiger partial charge on any atom is 0.312 e. The summed E-state index contributed by atoms with van der Waals surface area (Å²) in [4.78, 5) is 12.8. The molecule has 7 nitrogen and oxygen atoms in total. The number of esters is 1. The normalized spacial score (nSPS) is 60.4. The van der Waals surface area contributed by atoms with Gasteiger partial charge in [-0.25, -0.2) is 0 Å². The molecule has 0 aromatic carbocycles. The first kappa shape index (κ1) is 19.2. The highest BCUT2D eigenvalue weighted by molar-refractivity contribution is 5.80. The average molecular weight is 396 g/mol. The van der Waals surface area contributed by atoms with Gasteiger partial charge in [0.2, 0.25) is 0 Å². The van der Waals surface area contributed by atoms with E-state index in [1.807, 2.05) is 0 Å². The number of rotatable bonds is 1. The van der Waals surface area contributed by atoms with Gasteiger partial charge in [-0.15, -0.1) is 0 Å². The molecule has 5 aliphatic rings. The van der Waals surface area contributed by atoms with E-state index in [1.54, 1.807) is 0 Å². The summed E-state index contributed by atoms with van der Waals surface area (Å²) in [5.41, 5.74) is -2.34. The fourth-order valence-corrected chi connectivity index (χ4v) is 7.89. The molecule has 3 saturated heterocycles. The molecule has 0 aromatic heterocycles. The number of ether oxygens (including phenoxy) is 4. The number of fused-ring (bicyclic) bond motifs is 1. The number of aliphatic hydroxyl groups excluding tert-OH is 2. The monoisotopic (exact) mass is 396 g/mol. The highest BCUT2D eigenvalue weighted by Crippen LogP contribution is 2.71. The lowest BCUT2D eigenvalue weighted by Crippen LogP contribution is -2.66. The van der Waals surface area contributed by atoms with Crippen molar-refractivity contribution < 1.29 is 34.0 Å². The first-order valence-corrected chi connectivity index (χ1v) is 10.6. The van der Waals surface area contributed by atoms with Gasteiger partial charge in [0.15, 0.2) is 18.2 Å². The van der Waals surface area contributed by atoms with Gasteiger partial charge < -0.3 is 29.2 Å². The first-order chi connectivity index (χ1) is 13.1. The fraction of sp³-hybridized carbons (Fsp3) is 0.952. The third-order valence-electron chi connectivity index (χ3n) is 9.12. The third kappa shape index (κ3) is 1.95. The Balaban J connectivity index is 1.60. The smallest absolute Gasteiger partial charge is 0.312 e. The van der Waals surface area contributed by atoms with E-state index in [2.05, 4.69) is 20.8 Å². The summed E-state index contributed by atoms with van der Waals surface area (Å²) >= 11 is 0. The van der Waals surface area contributed by atoms with Crippen molar-refractivity contribution in [1.29, 1.82) is 0 Å². The molecule has 0 bridgehead atoms. The molecule has 2 saturated carbocycles. The summed E-state index contributed by atoms with van der Waals surface area (Å²) in [5, 5.41) is 20.9. The van der Waals surface area contributed by atoms with Crippen LogP contribution in [0.3, 0.4) is 0 Å². The van der Waals surface area contributed by atoms with Gasteiger partial charge in [0.05, 0.1) is 11.0 Å². The number of methoxy groups -OCH3 is 1. The Morgan fingerprint density at radius 1 is 1.14 bits per heavy atom. The molecule has 2 aliphatic carbocycles. The molecule has 7 heteroatoms. The van der Waals surface area contributed by atoms with E-state index < -0.39 is 35.3 Å². The quantitative estimate of drug-likeness (QED) is 0.652. The van der Waals surface area contributed by atoms with Gasteiger partial charge in [0.1, 0.15) is 12.2 Å². The summed E-state index contributed by atoms with van der Waals surface area (Å²) in [6.07, 6.45) is 1.42. The van der Waals surface area contributed by atoms with Crippen molar-refractivity contribution in [3.8, 4) is 0 Å². The van der Waals surface area contributed by atoms with Gasteiger partial charge in [0.25, 0.3) is 0 Å². The SMILES string of the molecule is COC1OC(O)C(O)C12CC[C@@]1(O2)[C@H](C)C[C@H]2OC(=O)[C@@]3(C)CCC[C@]1(C)C23. The highest BCUT2D eigenvalue weighted by Gasteiger charge is 2.76. The van der Waals surface area contributed by atoms with Crippen LogP contribution in [0.1, 0.15) is 59.3 Å². The van der Waals surface area contributed by atoms with Gasteiger partial charge in [-0.2, -0.15) is 0 Å². The summed E-state index contributed by atoms with van der Waals surface area (Å²) in [7, 11) is 1.51. The second-order valence-corrected chi connectivity index (χ2v) is 10.2. The van der Waals surface area contributed by atoms with Crippen LogP contribution in [0, 0.1) is 22.7 Å². The Morgan fingerprint density at radius 2 is 1.89 bits per heavy atom. The summed E-state index contributed by atoms with van der Waals surface area (Å²) < 4.78 is 23.7. The summed E-state index contributed by atoms with van der Waals surface area (Å²) in [6, 6.07) is 0. The molecule has 3 aliphatic heterocycles. The number of hydrogen-bond acceptors (Lipinski definition) is 7. The zero-order valence-electron chi connectivity index (χ0n) is 17.1. The Bertz CT molecular complexity index is 698. The molecule has 5 fully saturated rings. The van der Waals surface area contributed by atoms with Crippen LogP contribution < -0.4 is 0 Å². The number of aliphatic hydroxyl groups is 2. The molecule has 0 aromatic rings. The molecule has 2 spiro atoms. The van der Waals surface area contributed by atoms with E-state index in [4.69, 9.17) is 18.9 Å². The van der Waals surface area contributed by atoms with Crippen LogP contribution in [-0.2, 0) is 23.7 Å². The maximum atomic E-state index is 12.8. The Kier molecular flexibility index (Phi) is 3.92. The van der Waals surface area contributed by atoms with E-state index in [9.17, 15) is 15.0 Å². The Labute approximate surface area is 165 Å². The molecule has 0 amide bonds. The minimum absolute atomic E-state index is 0.0696. The van der Waals surface area contributed by atoms with Crippen LogP contribution in [0.4, 0.5) is 0 Å². The van der Waals surface area contributed by atoms with E-state index in [0.717, 1.165) is 32.1 Å². The topological polar surface area (TPSA) is 94.5 Å². The predicted octanol–water partition coefficient (Wildman–Crippen LogP) is 1.73. The van der Waals surface area contributed by atoms with Crippen molar-refractivity contribution in [3.63, 3.8) is 0 Å². The van der Waals surface area contributed by atoms with Gasteiger partial charge in [-0.1, -0.05) is 20.3 Å². The van der Waals surface area contributed by atoms with E-state index >= 15 is 0 Å². The van der Waals surface area contributed by atoms with E-state index in [-0.39, 0.29) is 29.3 Å². The maximum absolute atomic E-state index is 12.8. The number of carbonyl (C=O) groups is 1. The van der Waals surface area contributed by atoms with E-state index in [1.165, 1.54) is 7.11 Å². The second-order valence-electron chi connectivity index (χ2n) is 10.2. The Hall–Kier alpha value is -0.730. The van der Waals surface area contributed by atoms with Crippen molar-refractivity contribution in [3.05, 3.63) is 0 Å². The van der Waals surface area contributed by atoms with Crippen molar-refractivity contribution in [1.82, 2.24) is 0 Å². The zero-order valence-corrected chi connectivity index (χ0v) is 17.1. The Morgan fingerprint density at radius 3 is 2.61 bits per heavy atom. The summed E-state index contributed by atoms with van der Waals surface area (Å²) in [5.74, 6) is 0.173. The molecule has 3 heterocycles. The molecule has 2 N–H and O–H groups in total. The van der Waals surface area contributed by atoms with Crippen molar-refractivity contribution >= 4 is 5.97 Å². The van der Waals surface area contributed by atoms with Crippen LogP contribution in [-0.4, -0.2) is 59.3 Å². The molecular formula is C21H32O7. The number of carbonyl (C=O) groups excluding carboxylic acids is 1. The minimum atomic E-state index is -1.33. The lowest BCUT2D eigenvalue weighted by Gasteiger charge is -2.62. The van der Waals surface area contributed by atoms with Crippen molar-refractivity contribution in [2.24, 2.45) is 22.7 Å². The van der Waals surface area contributed by atoms with Gasteiger partial charge in [-0.05, 0) is 44.9 Å². The molecule has 28 heavy (non-hydrogen) atoms. The van der Waals surface area contributed by atoms with Crippen LogP contribution in [0.25, 0.3) is 0 Å². The molecule has 0 radical (unpaired) electrons. The molecule has 5 unspecified atom stereocenters. The minimum Gasteiger partial charge on any atom is -0.462 e. The molecular weight excluding hydrogens is 364 g/mol. The number of hydrogen-bond donors (Lipinski definition) is 2. The predicted molar refractivity (Wildman–Crippen MR) is 96.9 cm³/mol.